The molecule has 0 saturated carbocycles. The molecule has 0 radical (unpaired) electrons. The molecule has 0 saturated heterocycles. The molecule has 0 aliphatic carbocycles. The van der Waals surface area contributed by atoms with E-state index in [1.807, 2.05) is 0 Å². The summed E-state index contributed by atoms with van der Waals surface area (Å²) in [5, 5.41) is 0. The van der Waals surface area contributed by atoms with Crippen LogP contribution in [0.1, 0.15) is 19.9 Å². The summed E-state index contributed by atoms with van der Waals surface area (Å²) >= 11 is 0. The van der Waals surface area contributed by atoms with E-state index in [9.17, 15) is 17.6 Å². The molecule has 0 aliphatic heterocycles. The minimum atomic E-state index is -4.03. The number of nitrogens with one attached hydrogen (secondary N) is 1. The van der Waals surface area contributed by atoms with Crippen LogP contribution in [0.2, 0.25) is 0 Å². The Morgan fingerprint density at radius 1 is 1.16 bits per heavy atom. The predicted octanol–water partition coefficient (Wildman–Crippen LogP) is 2.35. The summed E-state index contributed by atoms with van der Waals surface area (Å²) in [5.74, 6) is -0.877. The molecule has 0 bridgehead atoms. The number of nitrogens with zero attached hydrogens (tertiary/aromatic N) is 5. The SMILES string of the molecule is CC(C)n1c(=O)c(-c2ccc(NS(=O)(=O)c3cccnc3)c(F)c2)nc2cnc(N)nc21. The van der Waals surface area contributed by atoms with Crippen LogP contribution >= 0.6 is 0 Å². The van der Waals surface area contributed by atoms with Gasteiger partial charge in [0.05, 0.1) is 11.9 Å². The van der Waals surface area contributed by atoms with Crippen LogP contribution in [-0.4, -0.2) is 32.9 Å². The van der Waals surface area contributed by atoms with Crippen molar-refractivity contribution >= 4 is 32.8 Å². The summed E-state index contributed by atoms with van der Waals surface area (Å²) in [4.78, 5) is 29.1. The van der Waals surface area contributed by atoms with Crippen molar-refractivity contribution in [3.8, 4) is 11.3 Å². The molecule has 0 fully saturated rings. The van der Waals surface area contributed by atoms with Gasteiger partial charge in [-0.15, -0.1) is 0 Å². The number of benzene rings is 1. The lowest BCUT2D eigenvalue weighted by Gasteiger charge is -2.15. The average molecular weight is 455 g/mol. The fourth-order valence-electron chi connectivity index (χ4n) is 3.14. The van der Waals surface area contributed by atoms with Gasteiger partial charge in [0.15, 0.2) is 5.65 Å². The molecule has 12 heteroatoms. The summed E-state index contributed by atoms with van der Waals surface area (Å²) in [7, 11) is -4.03. The molecule has 3 heterocycles. The van der Waals surface area contributed by atoms with Crippen molar-refractivity contribution < 1.29 is 12.8 Å². The number of hydrogen-bond acceptors (Lipinski definition) is 8. The first-order valence-corrected chi connectivity index (χ1v) is 10.9. The monoisotopic (exact) mass is 455 g/mol. The topological polar surface area (TPSA) is 146 Å². The Hall–Kier alpha value is -3.93. The second-order valence-electron chi connectivity index (χ2n) is 7.16. The number of aromatic nitrogens is 5. The van der Waals surface area contributed by atoms with Crippen molar-refractivity contribution in [1.29, 1.82) is 0 Å². The van der Waals surface area contributed by atoms with Crippen molar-refractivity contribution in [2.24, 2.45) is 0 Å². The molecule has 4 aromatic rings. The van der Waals surface area contributed by atoms with Crippen LogP contribution in [0.15, 0.2) is 58.6 Å². The molecule has 0 aliphatic rings. The van der Waals surface area contributed by atoms with Gasteiger partial charge in [0.25, 0.3) is 15.6 Å². The minimum Gasteiger partial charge on any atom is -0.368 e. The third-order valence-corrected chi connectivity index (χ3v) is 5.95. The molecule has 4 rings (SSSR count). The lowest BCUT2D eigenvalue weighted by molar-refractivity contribution is 0.593. The highest BCUT2D eigenvalue weighted by Crippen LogP contribution is 2.25. The zero-order valence-corrected chi connectivity index (χ0v) is 17.8. The summed E-state index contributed by atoms with van der Waals surface area (Å²) in [6.45, 7) is 3.58. The first kappa shape index (κ1) is 21.3. The second kappa shape index (κ2) is 7.96. The highest BCUT2D eigenvalue weighted by atomic mass is 32.2. The lowest BCUT2D eigenvalue weighted by Crippen LogP contribution is -2.26. The van der Waals surface area contributed by atoms with Gasteiger partial charge in [0.2, 0.25) is 5.95 Å². The van der Waals surface area contributed by atoms with Crippen LogP contribution in [0.3, 0.4) is 0 Å². The summed E-state index contributed by atoms with van der Waals surface area (Å²) in [6.07, 6.45) is 3.96. The molecular weight excluding hydrogens is 437 g/mol. The van der Waals surface area contributed by atoms with Gasteiger partial charge in [-0.25, -0.2) is 22.8 Å². The van der Waals surface area contributed by atoms with Crippen molar-refractivity contribution in [2.75, 3.05) is 10.5 Å². The van der Waals surface area contributed by atoms with E-state index in [1.165, 1.54) is 41.2 Å². The van der Waals surface area contributed by atoms with E-state index in [1.54, 1.807) is 13.8 Å². The Morgan fingerprint density at radius 3 is 2.59 bits per heavy atom. The van der Waals surface area contributed by atoms with E-state index in [4.69, 9.17) is 5.73 Å². The molecule has 0 atom stereocenters. The van der Waals surface area contributed by atoms with Gasteiger partial charge in [0.1, 0.15) is 21.9 Å². The third-order valence-electron chi connectivity index (χ3n) is 4.60. The zero-order valence-electron chi connectivity index (χ0n) is 17.0. The van der Waals surface area contributed by atoms with Crippen molar-refractivity contribution in [2.45, 2.75) is 24.8 Å². The normalized spacial score (nSPS) is 11.8. The molecule has 32 heavy (non-hydrogen) atoms. The number of sulfonamides is 1. The molecule has 1 aromatic carbocycles. The predicted molar refractivity (Wildman–Crippen MR) is 117 cm³/mol. The Labute approximate surface area is 182 Å². The number of nitrogens with two attached hydrogens (primary N) is 1. The standard InChI is InChI=1S/C20H18FN7O3S/c1-11(2)28-18-16(10-24-20(22)26-18)25-17(19(28)29)12-5-6-15(14(21)8-12)27-32(30,31)13-4-3-7-23-9-13/h3-11,27H,1-2H3,(H2,22,24,26). The van der Waals surface area contributed by atoms with E-state index >= 15 is 0 Å². The summed E-state index contributed by atoms with van der Waals surface area (Å²) in [5.41, 5.74) is 5.59. The number of rotatable bonds is 5. The maximum Gasteiger partial charge on any atom is 0.278 e. The largest absolute Gasteiger partial charge is 0.368 e. The molecule has 164 valence electrons. The van der Waals surface area contributed by atoms with Crippen LogP contribution in [0.25, 0.3) is 22.4 Å². The fraction of sp³-hybridized carbons (Fsp3) is 0.150. The van der Waals surface area contributed by atoms with E-state index in [0.717, 1.165) is 12.3 Å². The van der Waals surface area contributed by atoms with Gasteiger partial charge in [-0.2, -0.15) is 4.98 Å². The van der Waals surface area contributed by atoms with Crippen molar-refractivity contribution in [1.82, 2.24) is 24.5 Å². The highest BCUT2D eigenvalue weighted by Gasteiger charge is 2.20. The molecule has 3 N–H and O–H groups in total. The summed E-state index contributed by atoms with van der Waals surface area (Å²) in [6, 6.07) is 6.18. The maximum absolute atomic E-state index is 14.8. The fourth-order valence-corrected chi connectivity index (χ4v) is 4.17. The quantitative estimate of drug-likeness (QED) is 0.466. The zero-order chi connectivity index (χ0) is 23.0. The van der Waals surface area contributed by atoms with E-state index in [-0.39, 0.29) is 39.5 Å². The third kappa shape index (κ3) is 3.87. The smallest absolute Gasteiger partial charge is 0.278 e. The van der Waals surface area contributed by atoms with Crippen LogP contribution in [-0.2, 0) is 10.0 Å². The number of nitrogen functional groups attached to an aromatic ring is 1. The Morgan fingerprint density at radius 2 is 1.94 bits per heavy atom. The Balaban J connectivity index is 1.79. The van der Waals surface area contributed by atoms with Crippen molar-refractivity contribution in [3.63, 3.8) is 0 Å². The molecule has 3 aromatic heterocycles. The van der Waals surface area contributed by atoms with Crippen molar-refractivity contribution in [3.05, 3.63) is 65.1 Å². The van der Waals surface area contributed by atoms with Gasteiger partial charge in [0, 0.05) is 24.0 Å². The van der Waals surface area contributed by atoms with Gasteiger partial charge in [-0.3, -0.25) is 19.1 Å². The average Bonchev–Trinajstić information content (AvgIpc) is 2.75. The molecule has 10 nitrogen and oxygen atoms in total. The summed E-state index contributed by atoms with van der Waals surface area (Å²) < 4.78 is 43.3. The van der Waals surface area contributed by atoms with Crippen LogP contribution in [0.5, 0.6) is 0 Å². The van der Waals surface area contributed by atoms with Crippen LogP contribution < -0.4 is 16.0 Å². The molecule has 0 amide bonds. The van der Waals surface area contributed by atoms with Crippen LogP contribution in [0, 0.1) is 5.82 Å². The van der Waals surface area contributed by atoms with Gasteiger partial charge in [-0.1, -0.05) is 6.07 Å². The first-order valence-electron chi connectivity index (χ1n) is 9.45. The number of pyridine rings is 1. The number of anilines is 2. The van der Waals surface area contributed by atoms with E-state index < -0.39 is 21.4 Å². The maximum atomic E-state index is 14.8. The lowest BCUT2D eigenvalue weighted by atomic mass is 10.1. The first-order chi connectivity index (χ1) is 15.2. The minimum absolute atomic E-state index is 0.00264. The number of hydrogen-bond donors (Lipinski definition) is 2. The van der Waals surface area contributed by atoms with Gasteiger partial charge in [-0.05, 0) is 38.1 Å². The number of halogens is 1. The van der Waals surface area contributed by atoms with E-state index in [0.29, 0.717) is 5.52 Å². The van der Waals surface area contributed by atoms with Gasteiger partial charge >= 0.3 is 0 Å². The highest BCUT2D eigenvalue weighted by molar-refractivity contribution is 7.92. The number of fused-ring (bicyclic) bond motifs is 1. The van der Waals surface area contributed by atoms with E-state index in [2.05, 4.69) is 24.7 Å². The van der Waals surface area contributed by atoms with Crippen LogP contribution in [0.4, 0.5) is 16.0 Å². The molecule has 0 unspecified atom stereocenters. The Bertz CT molecular complexity index is 1490. The molecular formula is C20H18FN7O3S. The molecule has 0 spiro atoms. The second-order valence-corrected chi connectivity index (χ2v) is 8.84. The van der Waals surface area contributed by atoms with Gasteiger partial charge < -0.3 is 5.73 Å². The Kier molecular flexibility index (Phi) is 5.30.